The molecule has 12 aromatic heterocycles. The van der Waals surface area contributed by atoms with E-state index in [1.807, 2.05) is 135 Å². The van der Waals surface area contributed by atoms with Crippen molar-refractivity contribution in [1.29, 1.82) is 0 Å². The molecular formula is C123H104F3N18O4P. The van der Waals surface area contributed by atoms with Crippen LogP contribution in [0.5, 0.6) is 0 Å². The average Bonchev–Trinajstić information content (AvgIpc) is 1.53. The fraction of sp³-hybridized carbons (Fsp3) is 0.130. The molecule has 22 nitrogen and oxygen atoms in total. The summed E-state index contributed by atoms with van der Waals surface area (Å²) in [5.74, 6) is 0.0386. The summed E-state index contributed by atoms with van der Waals surface area (Å²) in [5.41, 5.74) is 41.9. The van der Waals surface area contributed by atoms with E-state index >= 15 is 0 Å². The summed E-state index contributed by atoms with van der Waals surface area (Å²) >= 11 is 0. The topological polar surface area (TPSA) is 302 Å². The van der Waals surface area contributed by atoms with Crippen molar-refractivity contribution in [3.05, 3.63) is 432 Å². The molecule has 0 radical (unpaired) electrons. The molecule has 13 heterocycles. The number of aliphatic imine (C=N–C) groups is 1. The molecule has 0 spiro atoms. The fourth-order valence-electron chi connectivity index (χ4n) is 19.5. The number of benzene rings is 11. The van der Waals surface area contributed by atoms with Crippen LogP contribution in [0.3, 0.4) is 0 Å². The molecule has 1 saturated carbocycles. The summed E-state index contributed by atoms with van der Waals surface area (Å²) in [6.07, 6.45) is 29.0. The zero-order chi connectivity index (χ0) is 103. The number of rotatable bonds is 16. The normalized spacial score (nSPS) is 12.1. The van der Waals surface area contributed by atoms with E-state index in [1.165, 1.54) is 93.1 Å². The Bertz CT molecular complexity index is 9010. The Kier molecular flexibility index (Phi) is 29.0. The van der Waals surface area contributed by atoms with Gasteiger partial charge in [0.15, 0.2) is 6.73 Å². The van der Waals surface area contributed by atoms with Gasteiger partial charge in [-0.2, -0.15) is 25.5 Å². The lowest BCUT2D eigenvalue weighted by atomic mass is 9.93. The third kappa shape index (κ3) is 22.3. The van der Waals surface area contributed by atoms with Crippen LogP contribution in [0.25, 0.3) is 189 Å². The Balaban J connectivity index is 0.000000108. The lowest BCUT2D eigenvalue weighted by molar-refractivity contribution is 0.146. The maximum absolute atomic E-state index is 13.7. The van der Waals surface area contributed by atoms with Gasteiger partial charge in [0.1, 0.15) is 17.5 Å². The molecule has 6 N–H and O–H groups in total. The summed E-state index contributed by atoms with van der Waals surface area (Å²) in [5, 5.41) is 38.0. The van der Waals surface area contributed by atoms with Crippen LogP contribution >= 0.6 is 7.82 Å². The van der Waals surface area contributed by atoms with Gasteiger partial charge in [-0.05, 0) is 329 Å². The zero-order valence-electron chi connectivity index (χ0n) is 83.4. The number of aromatic nitrogens is 17. The third-order valence-electron chi connectivity index (χ3n) is 27.0. The minimum atomic E-state index is -4.58. The highest BCUT2D eigenvalue weighted by atomic mass is 31.2. The second-order valence-corrected chi connectivity index (χ2v) is 38.8. The van der Waals surface area contributed by atoms with Gasteiger partial charge in [0.05, 0.1) is 98.8 Å². The van der Waals surface area contributed by atoms with Gasteiger partial charge in [0.2, 0.25) is 0 Å². The van der Waals surface area contributed by atoms with Crippen molar-refractivity contribution >= 4 is 68.6 Å². The Morgan fingerprint density at radius 3 is 1.18 bits per heavy atom. The highest BCUT2D eigenvalue weighted by Crippen LogP contribution is 2.44. The van der Waals surface area contributed by atoms with E-state index in [4.69, 9.17) is 14.8 Å². The fourth-order valence-corrected chi connectivity index (χ4v) is 19.7. The summed E-state index contributed by atoms with van der Waals surface area (Å²) in [6, 6.07) is 90.0. The number of aromatic amines is 4. The summed E-state index contributed by atoms with van der Waals surface area (Å²) in [6.45, 7) is 18.2. The molecule has 0 atom stereocenters. The molecule has 1 fully saturated rings. The highest BCUT2D eigenvalue weighted by Gasteiger charge is 2.24. The molecule has 23 aromatic rings. The van der Waals surface area contributed by atoms with E-state index in [9.17, 15) is 17.7 Å². The van der Waals surface area contributed by atoms with Gasteiger partial charge < -0.3 is 9.79 Å². The minimum absolute atomic E-state index is 0.202. The SMILES string of the molecule is C1=NCc2ncc(-c3cccnc3-c3cccc(C4CCCC4)c3)cc21.Cc1cc(-c2ncccc2-c2cc(C)c3[nH]ncc3c2)ccc1F.Cc1cc(-c2ncccc2-c2cc3cn[nH]c3cc2C)ccc1F.Cc1cc(-c2ncccc2-c2ccc3nn(COP(=O)(O)O)cc3c2)ccc1F.Cc1cccc(-c2ncccc2-c2cc(C)c3[nH]ncc3c2)c1.Cc1cccc(-c2ncccc2-c2cc3cn[nH]c3cc2C)c1. The van der Waals surface area contributed by atoms with Crippen molar-refractivity contribution < 1.29 is 32.0 Å². The van der Waals surface area contributed by atoms with E-state index in [0.717, 1.165) is 189 Å². The van der Waals surface area contributed by atoms with Crippen molar-refractivity contribution in [2.45, 2.75) is 107 Å². The van der Waals surface area contributed by atoms with Crippen molar-refractivity contribution in [3.8, 4) is 134 Å². The predicted molar refractivity (Wildman–Crippen MR) is 588 cm³/mol. The maximum atomic E-state index is 13.7. The quantitative estimate of drug-likeness (QED) is 0.0490. The van der Waals surface area contributed by atoms with Crippen LogP contribution in [0.1, 0.15) is 98.5 Å². The maximum Gasteiger partial charge on any atom is 0.471 e. The van der Waals surface area contributed by atoms with Crippen LogP contribution in [0.2, 0.25) is 0 Å². The summed E-state index contributed by atoms with van der Waals surface area (Å²) in [4.78, 5) is 54.2. The van der Waals surface area contributed by atoms with Crippen LogP contribution in [-0.4, -0.2) is 101 Å². The van der Waals surface area contributed by atoms with Crippen LogP contribution < -0.4 is 0 Å². The Hall–Kier alpha value is -17.6. The second-order valence-electron chi connectivity index (χ2n) is 37.6. The Morgan fingerprint density at radius 2 is 0.732 bits per heavy atom. The van der Waals surface area contributed by atoms with E-state index < -0.39 is 7.82 Å². The lowest BCUT2D eigenvalue weighted by Crippen LogP contribution is -2.01. The number of nitrogens with zero attached hydrogens (tertiary/aromatic N) is 14. The van der Waals surface area contributed by atoms with E-state index in [1.54, 1.807) is 69.8 Å². The molecular weight excluding hydrogens is 1880 g/mol. The Morgan fingerprint density at radius 1 is 0.342 bits per heavy atom. The predicted octanol–water partition coefficient (Wildman–Crippen LogP) is 29.6. The number of hydrogen-bond acceptors (Lipinski definition) is 15. The van der Waals surface area contributed by atoms with E-state index in [-0.39, 0.29) is 24.2 Å². The number of halogens is 3. The first-order valence-electron chi connectivity index (χ1n) is 49.1. The molecule has 149 heavy (non-hydrogen) atoms. The largest absolute Gasteiger partial charge is 0.471 e. The lowest BCUT2D eigenvalue weighted by Gasteiger charge is -2.13. The van der Waals surface area contributed by atoms with Crippen LogP contribution in [0.4, 0.5) is 13.2 Å². The van der Waals surface area contributed by atoms with Crippen LogP contribution in [-0.2, 0) is 22.4 Å². The molecule has 26 heteroatoms. The van der Waals surface area contributed by atoms with Gasteiger partial charge in [0.25, 0.3) is 0 Å². The molecule has 0 bridgehead atoms. The molecule has 2 aliphatic rings. The standard InChI is InChI=1S/C23H21N3.C20H17FN3O4P.2C20H16FN3.2C20H17N3/c1-2-6-16(5-1)17-7-3-8-18(11-17)23-21(9-4-10-25-23)19-12-20-13-24-15-22(20)26-14-19;1-13-9-15(4-6-18(13)21)20-17(3-2-8-22-20)14-5-7-19-16(10-14)11-24(23-19)12-28-29(25,26)27;1-12-9-19-15(11-23-24-19)10-17(12)16-4-3-7-22-20(16)14-5-6-18(21)13(2)8-14;1-12-8-14(5-6-18(12)21)20-17(4-3-7-22-20)15-9-13(2)19-16(10-15)11-23-24-19;1-13-5-3-6-15(9-13)20-17(7-4-8-21-20)18-11-16-12-22-23-19(16)10-14(18)2;1-13-5-3-6-15(9-13)20-18(7-4-8-21-20)16-10-14(2)19-17(11-16)12-22-23-19/h3-4,7-14,16H,1-2,5-6,15H2;2-11H,12H2,1H3,(H2,25,26,27);2*3-11H,1-2H3,(H,23,24);2*3-12H,1-2H3,(H,22,23). The number of phosphoric ester groups is 1. The number of H-pyrrole nitrogens is 4. The molecule has 736 valence electrons. The Labute approximate surface area is 858 Å². The average molecular weight is 1990 g/mol. The second kappa shape index (κ2) is 43.7. The number of hydrogen-bond donors (Lipinski definition) is 6. The number of aryl methyl sites for hydroxylation is 9. The summed E-state index contributed by atoms with van der Waals surface area (Å²) < 4.78 is 57.6. The van der Waals surface area contributed by atoms with Gasteiger partial charge in [0, 0.05) is 161 Å². The number of phosphoric acid groups is 1. The third-order valence-corrected chi connectivity index (χ3v) is 27.4. The first-order valence-corrected chi connectivity index (χ1v) is 50.6. The van der Waals surface area contributed by atoms with Crippen molar-refractivity contribution in [2.75, 3.05) is 0 Å². The monoisotopic (exact) mass is 1980 g/mol. The minimum Gasteiger partial charge on any atom is -0.303 e. The van der Waals surface area contributed by atoms with Crippen molar-refractivity contribution in [3.63, 3.8) is 0 Å². The van der Waals surface area contributed by atoms with Crippen molar-refractivity contribution in [2.24, 2.45) is 4.99 Å². The van der Waals surface area contributed by atoms with E-state index in [2.05, 4.69) is 279 Å². The molecule has 0 amide bonds. The smallest absolute Gasteiger partial charge is 0.303 e. The van der Waals surface area contributed by atoms with Crippen LogP contribution in [0.15, 0.2) is 352 Å². The van der Waals surface area contributed by atoms with Gasteiger partial charge in [-0.1, -0.05) is 121 Å². The zero-order valence-corrected chi connectivity index (χ0v) is 84.3. The van der Waals surface area contributed by atoms with Crippen LogP contribution in [0, 0.1) is 79.8 Å². The van der Waals surface area contributed by atoms with Gasteiger partial charge in [-0.3, -0.25) is 64.8 Å². The van der Waals surface area contributed by atoms with Crippen molar-refractivity contribution in [1.82, 2.24) is 85.5 Å². The molecule has 25 rings (SSSR count). The number of nitrogens with one attached hydrogen (secondary N) is 4. The highest BCUT2D eigenvalue weighted by molar-refractivity contribution is 7.46. The van der Waals surface area contributed by atoms with E-state index in [0.29, 0.717) is 34.7 Å². The molecule has 0 saturated heterocycles. The number of fused-ring (bicyclic) bond motifs is 6. The van der Waals surface area contributed by atoms with Gasteiger partial charge in [-0.15, -0.1) is 0 Å². The molecule has 0 unspecified atom stereocenters. The van der Waals surface area contributed by atoms with Gasteiger partial charge in [-0.25, -0.2) is 22.4 Å². The van der Waals surface area contributed by atoms with Gasteiger partial charge >= 0.3 is 7.82 Å². The molecule has 11 aromatic carbocycles. The first-order chi connectivity index (χ1) is 72.4. The number of pyridine rings is 7. The first kappa shape index (κ1) is 98.8. The summed E-state index contributed by atoms with van der Waals surface area (Å²) in [7, 11) is -4.58. The molecule has 1 aliphatic heterocycles. The molecule has 1 aliphatic carbocycles.